The third kappa shape index (κ3) is 7.18. The second-order valence-electron chi connectivity index (χ2n) is 8.78. The lowest BCUT2D eigenvalue weighted by atomic mass is 10.0. The van der Waals surface area contributed by atoms with E-state index in [0.717, 1.165) is 28.4 Å². The van der Waals surface area contributed by atoms with Crippen LogP contribution in [0.1, 0.15) is 34.3 Å². The van der Waals surface area contributed by atoms with Gasteiger partial charge in [-0.2, -0.15) is 0 Å². The van der Waals surface area contributed by atoms with Crippen molar-refractivity contribution in [2.75, 3.05) is 18.5 Å². The Bertz CT molecular complexity index is 1370. The molecule has 0 bridgehead atoms. The van der Waals surface area contributed by atoms with Crippen LogP contribution in [0.2, 0.25) is 0 Å². The Kier molecular flexibility index (Phi) is 8.63. The molecule has 3 aromatic rings. The lowest BCUT2D eigenvalue weighted by Crippen LogP contribution is -2.31. The molecule has 194 valence electrons. The number of ether oxygens (including phenoxy) is 2. The van der Waals surface area contributed by atoms with Crippen LogP contribution in [0.3, 0.4) is 0 Å². The Labute approximate surface area is 224 Å². The Balaban J connectivity index is 1.43. The highest BCUT2D eigenvalue weighted by molar-refractivity contribution is 9.10. The van der Waals surface area contributed by atoms with E-state index < -0.39 is 15.9 Å². The minimum Gasteiger partial charge on any atom is -0.488 e. The summed E-state index contributed by atoms with van der Waals surface area (Å²) in [4.78, 5) is 25.2. The number of rotatable bonds is 8. The highest BCUT2D eigenvalue weighted by atomic mass is 79.9. The molecule has 0 aliphatic carbocycles. The van der Waals surface area contributed by atoms with Gasteiger partial charge < -0.3 is 14.8 Å². The normalized spacial score (nSPS) is 15.6. The number of halogens is 1. The quantitative estimate of drug-likeness (QED) is 0.391. The molecule has 1 fully saturated rings. The van der Waals surface area contributed by atoms with Gasteiger partial charge in [0, 0.05) is 16.8 Å². The van der Waals surface area contributed by atoms with Crippen LogP contribution in [-0.4, -0.2) is 33.4 Å². The summed E-state index contributed by atoms with van der Waals surface area (Å²) in [7, 11) is -4.17. The molecule has 8 nitrogen and oxygen atoms in total. The number of anilines is 1. The van der Waals surface area contributed by atoms with Crippen LogP contribution in [0, 0.1) is 12.8 Å². The van der Waals surface area contributed by atoms with Crippen molar-refractivity contribution in [3.8, 4) is 5.75 Å². The summed E-state index contributed by atoms with van der Waals surface area (Å²) in [5.74, 6) is -0.925. The zero-order valence-electron chi connectivity index (χ0n) is 20.2. The lowest BCUT2D eigenvalue weighted by molar-refractivity contribution is -0.123. The SMILES string of the molecule is Cc1ccc(C(=O)NS(=O)(=O)c2ccc(NC(=O)C3CCCOC3)cc2)c(OCc2ccc(Br)cc2)c1. The molecule has 1 aliphatic heterocycles. The number of amides is 2. The minimum atomic E-state index is -4.17. The van der Waals surface area contributed by atoms with Crippen LogP contribution >= 0.6 is 15.9 Å². The molecule has 0 spiro atoms. The summed E-state index contributed by atoms with van der Waals surface area (Å²) in [6.45, 7) is 3.10. The maximum absolute atomic E-state index is 13.0. The summed E-state index contributed by atoms with van der Waals surface area (Å²) in [5.41, 5.74) is 2.32. The maximum Gasteiger partial charge on any atom is 0.268 e. The molecule has 1 saturated heterocycles. The van der Waals surface area contributed by atoms with Gasteiger partial charge in [-0.05, 0) is 79.4 Å². The highest BCUT2D eigenvalue weighted by Gasteiger charge is 2.23. The Morgan fingerprint density at radius 2 is 1.78 bits per heavy atom. The number of benzene rings is 3. The van der Waals surface area contributed by atoms with Crippen molar-refractivity contribution in [1.82, 2.24) is 4.72 Å². The second-order valence-corrected chi connectivity index (χ2v) is 11.4. The molecule has 0 saturated carbocycles. The van der Waals surface area contributed by atoms with Crippen LogP contribution in [0.25, 0.3) is 0 Å². The molecule has 4 rings (SSSR count). The molecular weight excluding hydrogens is 560 g/mol. The molecule has 1 atom stereocenters. The topological polar surface area (TPSA) is 111 Å². The smallest absolute Gasteiger partial charge is 0.268 e. The van der Waals surface area contributed by atoms with Gasteiger partial charge in [-0.1, -0.05) is 34.1 Å². The molecular formula is C27H27BrN2O6S. The molecule has 1 unspecified atom stereocenters. The van der Waals surface area contributed by atoms with Crippen molar-refractivity contribution in [2.24, 2.45) is 5.92 Å². The first-order chi connectivity index (χ1) is 17.7. The molecule has 10 heteroatoms. The van der Waals surface area contributed by atoms with Crippen molar-refractivity contribution in [2.45, 2.75) is 31.3 Å². The van der Waals surface area contributed by atoms with Crippen molar-refractivity contribution in [1.29, 1.82) is 0 Å². The number of hydrogen-bond acceptors (Lipinski definition) is 6. The monoisotopic (exact) mass is 586 g/mol. The van der Waals surface area contributed by atoms with Crippen LogP contribution in [0.15, 0.2) is 76.1 Å². The van der Waals surface area contributed by atoms with Gasteiger partial charge in [0.05, 0.1) is 23.0 Å². The molecule has 2 amide bonds. The molecule has 0 radical (unpaired) electrons. The van der Waals surface area contributed by atoms with Crippen molar-refractivity contribution in [3.63, 3.8) is 0 Å². The summed E-state index contributed by atoms with van der Waals surface area (Å²) in [5, 5.41) is 2.78. The average Bonchev–Trinajstić information content (AvgIpc) is 2.89. The summed E-state index contributed by atoms with van der Waals surface area (Å²) in [6, 6.07) is 18.1. The third-order valence-corrected chi connectivity index (χ3v) is 7.76. The second kappa shape index (κ2) is 11.9. The molecule has 1 heterocycles. The van der Waals surface area contributed by atoms with Gasteiger partial charge >= 0.3 is 0 Å². The average molecular weight is 587 g/mol. The van der Waals surface area contributed by atoms with E-state index in [1.54, 1.807) is 12.1 Å². The Morgan fingerprint density at radius 1 is 1.05 bits per heavy atom. The largest absolute Gasteiger partial charge is 0.488 e. The number of hydrogen-bond donors (Lipinski definition) is 2. The molecule has 2 N–H and O–H groups in total. The Hall–Kier alpha value is -3.21. The minimum absolute atomic E-state index is 0.102. The van der Waals surface area contributed by atoms with E-state index in [0.29, 0.717) is 18.9 Å². The maximum atomic E-state index is 13.0. The van der Waals surface area contributed by atoms with E-state index in [9.17, 15) is 18.0 Å². The summed E-state index contributed by atoms with van der Waals surface area (Å²) >= 11 is 3.39. The van der Waals surface area contributed by atoms with Crippen molar-refractivity contribution < 1.29 is 27.5 Å². The van der Waals surface area contributed by atoms with E-state index in [1.807, 2.05) is 31.2 Å². The lowest BCUT2D eigenvalue weighted by Gasteiger charge is -2.21. The zero-order chi connectivity index (χ0) is 26.4. The van der Waals surface area contributed by atoms with E-state index in [4.69, 9.17) is 9.47 Å². The third-order valence-electron chi connectivity index (χ3n) is 5.88. The fraction of sp³-hybridized carbons (Fsp3) is 0.259. The fourth-order valence-corrected chi connectivity index (χ4v) is 5.05. The van der Waals surface area contributed by atoms with E-state index in [1.165, 1.54) is 30.3 Å². The number of aryl methyl sites for hydroxylation is 1. The van der Waals surface area contributed by atoms with Crippen LogP contribution in [0.5, 0.6) is 5.75 Å². The van der Waals surface area contributed by atoms with E-state index in [2.05, 4.69) is 26.0 Å². The number of nitrogens with one attached hydrogen (secondary N) is 2. The predicted molar refractivity (Wildman–Crippen MR) is 143 cm³/mol. The van der Waals surface area contributed by atoms with Gasteiger partial charge in [0.2, 0.25) is 5.91 Å². The van der Waals surface area contributed by atoms with Crippen LogP contribution < -0.4 is 14.8 Å². The first-order valence-electron chi connectivity index (χ1n) is 11.7. The molecule has 37 heavy (non-hydrogen) atoms. The van der Waals surface area contributed by atoms with E-state index in [-0.39, 0.29) is 34.6 Å². The van der Waals surface area contributed by atoms with Gasteiger partial charge in [0.1, 0.15) is 12.4 Å². The predicted octanol–water partition coefficient (Wildman–Crippen LogP) is 4.82. The highest BCUT2D eigenvalue weighted by Crippen LogP contribution is 2.24. The van der Waals surface area contributed by atoms with Crippen LogP contribution in [-0.2, 0) is 26.2 Å². The van der Waals surface area contributed by atoms with Gasteiger partial charge in [-0.25, -0.2) is 13.1 Å². The first kappa shape index (κ1) is 26.8. The van der Waals surface area contributed by atoms with Gasteiger partial charge in [0.15, 0.2) is 0 Å². The zero-order valence-corrected chi connectivity index (χ0v) is 22.6. The molecule has 3 aromatic carbocycles. The number of carbonyl (C=O) groups excluding carboxylic acids is 2. The van der Waals surface area contributed by atoms with Crippen molar-refractivity contribution >= 4 is 43.5 Å². The first-order valence-corrected chi connectivity index (χ1v) is 14.0. The fourth-order valence-electron chi connectivity index (χ4n) is 3.82. The number of carbonyl (C=O) groups is 2. The standard InChI is InChI=1S/C27H27BrN2O6S/c1-18-4-13-24(25(15-18)36-16-19-5-7-21(28)8-6-19)27(32)30-37(33,34)23-11-9-22(10-12-23)29-26(31)20-3-2-14-35-17-20/h4-13,15,20H,2-3,14,16-17H2,1H3,(H,29,31)(H,30,32). The number of sulfonamides is 1. The van der Waals surface area contributed by atoms with Gasteiger partial charge in [-0.3, -0.25) is 9.59 Å². The Morgan fingerprint density at radius 3 is 2.46 bits per heavy atom. The van der Waals surface area contributed by atoms with Gasteiger partial charge in [0.25, 0.3) is 15.9 Å². The molecule has 1 aliphatic rings. The van der Waals surface area contributed by atoms with Crippen LogP contribution in [0.4, 0.5) is 5.69 Å². The van der Waals surface area contributed by atoms with Gasteiger partial charge in [-0.15, -0.1) is 0 Å². The van der Waals surface area contributed by atoms with Crippen molar-refractivity contribution in [3.05, 3.63) is 87.9 Å². The molecule has 0 aromatic heterocycles. The summed E-state index contributed by atoms with van der Waals surface area (Å²) < 4.78 is 40.1. The van der Waals surface area contributed by atoms with E-state index >= 15 is 0 Å². The summed E-state index contributed by atoms with van der Waals surface area (Å²) in [6.07, 6.45) is 1.57.